The van der Waals surface area contributed by atoms with Crippen molar-refractivity contribution in [3.63, 3.8) is 0 Å². The first kappa shape index (κ1) is 23.1. The summed E-state index contributed by atoms with van der Waals surface area (Å²) in [5, 5.41) is 11.7. The molecule has 4 fully saturated rings. The highest BCUT2D eigenvalue weighted by atomic mass is 16.5. The predicted octanol–water partition coefficient (Wildman–Crippen LogP) is 4.75. The van der Waals surface area contributed by atoms with Gasteiger partial charge in [-0.25, -0.2) is 0 Å². The zero-order valence-electron chi connectivity index (χ0n) is 22.0. The zero-order valence-corrected chi connectivity index (χ0v) is 22.0. The molecular formula is C31H40N2O3. The van der Waals surface area contributed by atoms with Crippen molar-refractivity contribution in [2.24, 2.45) is 11.8 Å². The van der Waals surface area contributed by atoms with Crippen molar-refractivity contribution in [1.82, 2.24) is 9.80 Å². The minimum absolute atomic E-state index is 0.184. The van der Waals surface area contributed by atoms with Crippen molar-refractivity contribution in [3.8, 4) is 11.5 Å². The van der Waals surface area contributed by atoms with Crippen LogP contribution < -0.4 is 4.74 Å². The Morgan fingerprint density at radius 1 is 1.11 bits per heavy atom. The summed E-state index contributed by atoms with van der Waals surface area (Å²) in [4.78, 5) is 5.42. The highest BCUT2D eigenvalue weighted by molar-refractivity contribution is 5.59. The Bertz CT molecular complexity index is 1150. The van der Waals surface area contributed by atoms with Crippen molar-refractivity contribution >= 4 is 0 Å². The van der Waals surface area contributed by atoms with Crippen molar-refractivity contribution in [3.05, 3.63) is 59.2 Å². The van der Waals surface area contributed by atoms with Gasteiger partial charge in [-0.15, -0.1) is 0 Å². The molecule has 2 aliphatic carbocycles. The third kappa shape index (κ3) is 3.06. The number of hydrogen-bond acceptors (Lipinski definition) is 5. The minimum atomic E-state index is -0.307. The lowest BCUT2D eigenvalue weighted by molar-refractivity contribution is -0.145. The number of ether oxygens (including phenoxy) is 2. The molecule has 0 spiro atoms. The number of benzene rings is 2. The van der Waals surface area contributed by atoms with Gasteiger partial charge in [0.15, 0.2) is 11.5 Å². The molecule has 1 saturated carbocycles. The maximum Gasteiger partial charge on any atom is 0.161 e. The number of methoxy groups -OCH3 is 1. The number of rotatable bonds is 6. The second-order valence-electron chi connectivity index (χ2n) is 12.2. The maximum atomic E-state index is 11.7. The molecule has 6 atom stereocenters. The van der Waals surface area contributed by atoms with Crippen LogP contribution in [0.25, 0.3) is 0 Å². The first-order valence-corrected chi connectivity index (χ1v) is 14.1. The van der Waals surface area contributed by atoms with Gasteiger partial charge in [0.2, 0.25) is 0 Å². The number of nitrogens with zero attached hydrogens (tertiary/aromatic N) is 2. The van der Waals surface area contributed by atoms with Crippen LogP contribution in [-0.2, 0) is 23.1 Å². The van der Waals surface area contributed by atoms with Gasteiger partial charge < -0.3 is 14.6 Å². The Morgan fingerprint density at radius 2 is 1.92 bits per heavy atom. The predicted molar refractivity (Wildman–Crippen MR) is 140 cm³/mol. The molecule has 3 saturated heterocycles. The van der Waals surface area contributed by atoms with E-state index in [2.05, 4.69) is 60.0 Å². The van der Waals surface area contributed by atoms with Gasteiger partial charge in [0, 0.05) is 48.6 Å². The Hall–Kier alpha value is -2.08. The van der Waals surface area contributed by atoms with E-state index in [1.54, 1.807) is 7.11 Å². The summed E-state index contributed by atoms with van der Waals surface area (Å²) in [5.74, 6) is 2.17. The second-order valence-corrected chi connectivity index (χ2v) is 12.2. The first-order valence-electron chi connectivity index (χ1n) is 14.1. The molecule has 1 N–H and O–H groups in total. The molecule has 2 aromatic carbocycles. The average molecular weight is 489 g/mol. The smallest absolute Gasteiger partial charge is 0.161 e. The van der Waals surface area contributed by atoms with E-state index in [4.69, 9.17) is 9.47 Å². The van der Waals surface area contributed by atoms with Gasteiger partial charge in [0.05, 0.1) is 18.8 Å². The number of likely N-dealkylation sites (tertiary alicyclic amines) is 2. The molecular weight excluding hydrogens is 448 g/mol. The molecule has 0 radical (unpaired) electrons. The van der Waals surface area contributed by atoms with E-state index in [1.807, 2.05) is 6.07 Å². The summed E-state index contributed by atoms with van der Waals surface area (Å²) < 4.78 is 13.0. The van der Waals surface area contributed by atoms with Crippen molar-refractivity contribution in [1.29, 1.82) is 0 Å². The lowest BCUT2D eigenvalue weighted by Gasteiger charge is -2.61. The van der Waals surface area contributed by atoms with Crippen LogP contribution in [0.1, 0.15) is 56.2 Å². The Balaban J connectivity index is 1.35. The molecule has 2 bridgehead atoms. The first-order chi connectivity index (χ1) is 17.5. The van der Waals surface area contributed by atoms with Crippen LogP contribution in [-0.4, -0.2) is 65.4 Å². The molecule has 5 unspecified atom stereocenters. The van der Waals surface area contributed by atoms with Crippen LogP contribution >= 0.6 is 0 Å². The molecule has 0 aromatic heterocycles. The Kier molecular flexibility index (Phi) is 5.26. The third-order valence-electron chi connectivity index (χ3n) is 10.6. The summed E-state index contributed by atoms with van der Waals surface area (Å²) in [6.07, 6.45) is 6.00. The van der Waals surface area contributed by atoms with Gasteiger partial charge in [-0.1, -0.05) is 43.3 Å². The summed E-state index contributed by atoms with van der Waals surface area (Å²) in [6.45, 7) is 8.94. The number of aromatic hydroxyl groups is 1. The van der Waals surface area contributed by atoms with E-state index in [1.165, 1.54) is 30.5 Å². The number of hydrogen-bond donors (Lipinski definition) is 1. The van der Waals surface area contributed by atoms with Gasteiger partial charge in [-0.05, 0) is 68.7 Å². The summed E-state index contributed by atoms with van der Waals surface area (Å²) in [5.41, 5.74) is 3.29. The summed E-state index contributed by atoms with van der Waals surface area (Å²) in [7, 11) is 1.67. The van der Waals surface area contributed by atoms with Crippen LogP contribution in [0.3, 0.4) is 0 Å². The van der Waals surface area contributed by atoms with E-state index in [9.17, 15) is 5.11 Å². The average Bonchev–Trinajstić information content (AvgIpc) is 3.56. The fourth-order valence-electron chi connectivity index (χ4n) is 8.96. The maximum absolute atomic E-state index is 11.7. The molecule has 192 valence electrons. The van der Waals surface area contributed by atoms with Crippen LogP contribution in [0, 0.1) is 11.8 Å². The molecule has 36 heavy (non-hydrogen) atoms. The quantitative estimate of drug-likeness (QED) is 0.636. The van der Waals surface area contributed by atoms with Crippen LogP contribution in [0.5, 0.6) is 11.5 Å². The highest BCUT2D eigenvalue weighted by Crippen LogP contribution is 2.67. The SMILES string of the molecule is CCC1C2[C@@H](CN1Cc1ccccc1)OC1(C)C3Cc4ccc(OC)c(O)c4C21CCN3CC1CC1. The molecule has 5 heteroatoms. The van der Waals surface area contributed by atoms with Gasteiger partial charge in [0.25, 0.3) is 0 Å². The van der Waals surface area contributed by atoms with E-state index in [0.717, 1.165) is 50.4 Å². The zero-order chi connectivity index (χ0) is 24.7. The van der Waals surface area contributed by atoms with Gasteiger partial charge in [0.1, 0.15) is 0 Å². The van der Waals surface area contributed by atoms with Crippen molar-refractivity contribution < 1.29 is 14.6 Å². The largest absolute Gasteiger partial charge is 0.504 e. The number of phenols is 1. The molecule has 0 amide bonds. The lowest BCUT2D eigenvalue weighted by Crippen LogP contribution is -2.71. The van der Waals surface area contributed by atoms with Gasteiger partial charge in [-0.3, -0.25) is 9.80 Å². The lowest BCUT2D eigenvalue weighted by atomic mass is 9.50. The summed E-state index contributed by atoms with van der Waals surface area (Å²) >= 11 is 0. The molecule has 7 rings (SSSR count). The normalized spacial score (nSPS) is 37.4. The standard InChI is InChI=1S/C31H40N2O3/c1-4-23-28-25(19-33(23)18-20-8-6-5-7-9-20)36-30(2)26-16-22-12-13-24(35-3)29(34)27(22)31(28,30)14-15-32(26)17-21-10-11-21/h5-9,12-13,21,23,25-26,28,34H,4,10-11,14-19H2,1-3H3/t23?,25-,26?,28?,30?,31?/m1/s1. The Morgan fingerprint density at radius 3 is 2.64 bits per heavy atom. The van der Waals surface area contributed by atoms with E-state index >= 15 is 0 Å². The monoisotopic (exact) mass is 488 g/mol. The van der Waals surface area contributed by atoms with Crippen LogP contribution in [0.15, 0.2) is 42.5 Å². The Labute approximate surface area is 215 Å². The number of piperidine rings is 1. The van der Waals surface area contributed by atoms with Crippen LogP contribution in [0.4, 0.5) is 0 Å². The van der Waals surface area contributed by atoms with E-state index < -0.39 is 0 Å². The molecule has 5 aliphatic rings. The number of fused-ring (bicyclic) bond motifs is 2. The molecule has 3 heterocycles. The molecule has 2 aromatic rings. The van der Waals surface area contributed by atoms with Crippen LogP contribution in [0.2, 0.25) is 0 Å². The van der Waals surface area contributed by atoms with Gasteiger partial charge >= 0.3 is 0 Å². The fourth-order valence-corrected chi connectivity index (χ4v) is 8.96. The summed E-state index contributed by atoms with van der Waals surface area (Å²) in [6, 6.07) is 15.8. The number of phenolic OH excluding ortho intramolecular Hbond substituents is 1. The minimum Gasteiger partial charge on any atom is -0.504 e. The molecule has 3 aliphatic heterocycles. The second kappa shape index (κ2) is 8.21. The topological polar surface area (TPSA) is 45.2 Å². The van der Waals surface area contributed by atoms with Gasteiger partial charge in [-0.2, -0.15) is 0 Å². The van der Waals surface area contributed by atoms with Crippen molar-refractivity contribution in [2.45, 2.75) is 81.7 Å². The highest BCUT2D eigenvalue weighted by Gasteiger charge is 2.74. The third-order valence-corrected chi connectivity index (χ3v) is 10.6. The fraction of sp³-hybridized carbons (Fsp3) is 0.613. The van der Waals surface area contributed by atoms with Crippen molar-refractivity contribution in [2.75, 3.05) is 26.7 Å². The van der Waals surface area contributed by atoms with E-state index in [-0.39, 0.29) is 17.1 Å². The molecule has 5 nitrogen and oxygen atoms in total. The van der Waals surface area contributed by atoms with E-state index in [0.29, 0.717) is 29.5 Å².